The third-order valence-corrected chi connectivity index (χ3v) is 6.21. The normalized spacial score (nSPS) is 18.1. The number of fused-ring (bicyclic) bond motifs is 1. The van der Waals surface area contributed by atoms with Gasteiger partial charge in [-0.3, -0.25) is 4.79 Å². The van der Waals surface area contributed by atoms with Crippen LogP contribution in [0.2, 0.25) is 0 Å². The first-order valence-corrected chi connectivity index (χ1v) is 10.8. The first-order valence-electron chi connectivity index (χ1n) is 9.98. The third kappa shape index (κ3) is 3.50. The van der Waals surface area contributed by atoms with Crippen molar-refractivity contribution in [1.82, 2.24) is 4.98 Å². The summed E-state index contributed by atoms with van der Waals surface area (Å²) in [6, 6.07) is 13.4. The molecule has 0 fully saturated rings. The average Bonchev–Trinajstić information content (AvgIpc) is 3.09. The number of aryl methyl sites for hydroxylation is 1. The molecule has 1 N–H and O–H groups in total. The van der Waals surface area contributed by atoms with E-state index in [0.717, 1.165) is 15.8 Å². The lowest BCUT2D eigenvalue weighted by Crippen LogP contribution is -2.49. The van der Waals surface area contributed by atoms with Gasteiger partial charge in [0.1, 0.15) is 22.7 Å². The highest BCUT2D eigenvalue weighted by Crippen LogP contribution is 2.41. The van der Waals surface area contributed by atoms with Crippen LogP contribution in [0, 0.1) is 0 Å². The third-order valence-electron chi connectivity index (χ3n) is 5.30. The number of aromatic nitrogens is 1. The fraction of sp³-hybridized carbons (Fsp3) is 0.333. The van der Waals surface area contributed by atoms with Crippen molar-refractivity contribution in [1.29, 1.82) is 0 Å². The molecule has 5 nitrogen and oxygen atoms in total. The van der Waals surface area contributed by atoms with Gasteiger partial charge in [0.25, 0.3) is 5.19 Å². The van der Waals surface area contributed by atoms with E-state index in [9.17, 15) is 9.90 Å². The maximum Gasteiger partial charge on any atom is 0.279 e. The molecule has 0 unspecified atom stereocenters. The van der Waals surface area contributed by atoms with Crippen LogP contribution in [-0.4, -0.2) is 27.1 Å². The highest BCUT2D eigenvalue weighted by molar-refractivity contribution is 7.20. The number of hydrogen-bond acceptors (Lipinski definition) is 6. The van der Waals surface area contributed by atoms with Gasteiger partial charge in [-0.15, -0.1) is 0 Å². The number of nitrogens with zero attached hydrogens (tertiary/aromatic N) is 1. The van der Waals surface area contributed by atoms with Crippen LogP contribution in [0.4, 0.5) is 0 Å². The summed E-state index contributed by atoms with van der Waals surface area (Å²) < 4.78 is 12.9. The summed E-state index contributed by atoms with van der Waals surface area (Å²) in [7, 11) is 0. The predicted molar refractivity (Wildman–Crippen MR) is 119 cm³/mol. The van der Waals surface area contributed by atoms with Crippen LogP contribution < -0.4 is 4.74 Å². The monoisotopic (exact) mass is 423 g/mol. The molecule has 1 aromatic heterocycles. The van der Waals surface area contributed by atoms with Crippen molar-refractivity contribution in [3.8, 4) is 10.9 Å². The Labute approximate surface area is 180 Å². The smallest absolute Gasteiger partial charge is 0.279 e. The number of rotatable bonds is 4. The molecule has 4 rings (SSSR count). The molecule has 0 saturated carbocycles. The Kier molecular flexibility index (Phi) is 4.95. The van der Waals surface area contributed by atoms with Crippen LogP contribution in [0.3, 0.4) is 0 Å². The predicted octanol–water partition coefficient (Wildman–Crippen LogP) is 6.08. The zero-order chi connectivity index (χ0) is 21.7. The SMILES string of the molecule is CCc1cc(Oc2nc3ccccc3s2)ccc1C1=C(O)C(C)(C)OC(C)(C)C1=O. The van der Waals surface area contributed by atoms with E-state index in [1.165, 1.54) is 11.3 Å². The maximum atomic E-state index is 13.1. The number of carbonyl (C=O) groups excluding carboxylic acids is 1. The van der Waals surface area contributed by atoms with Crippen LogP contribution >= 0.6 is 11.3 Å². The lowest BCUT2D eigenvalue weighted by molar-refractivity contribution is -0.158. The molecular formula is C24H25NO4S. The number of ether oxygens (including phenoxy) is 2. The van der Waals surface area contributed by atoms with E-state index in [1.54, 1.807) is 27.7 Å². The number of ketones is 1. The van der Waals surface area contributed by atoms with Gasteiger partial charge < -0.3 is 14.6 Å². The summed E-state index contributed by atoms with van der Waals surface area (Å²) in [6.07, 6.45) is 0.679. The van der Waals surface area contributed by atoms with E-state index >= 15 is 0 Å². The molecule has 3 aromatic rings. The summed E-state index contributed by atoms with van der Waals surface area (Å²) >= 11 is 1.48. The van der Waals surface area contributed by atoms with Crippen molar-refractivity contribution in [2.24, 2.45) is 0 Å². The van der Waals surface area contributed by atoms with Crippen molar-refractivity contribution < 1.29 is 19.4 Å². The van der Waals surface area contributed by atoms with E-state index in [4.69, 9.17) is 9.47 Å². The Morgan fingerprint density at radius 1 is 1.10 bits per heavy atom. The molecule has 2 heterocycles. The van der Waals surface area contributed by atoms with Gasteiger partial charge in [0.2, 0.25) is 0 Å². The maximum absolute atomic E-state index is 13.1. The number of thiazole rings is 1. The second-order valence-corrected chi connectivity index (χ2v) is 9.39. The molecule has 0 atom stereocenters. The summed E-state index contributed by atoms with van der Waals surface area (Å²) in [5.74, 6) is 0.378. The Morgan fingerprint density at radius 2 is 1.83 bits per heavy atom. The first kappa shape index (κ1) is 20.6. The van der Waals surface area contributed by atoms with Gasteiger partial charge in [-0.2, -0.15) is 0 Å². The van der Waals surface area contributed by atoms with Crippen molar-refractivity contribution in [3.63, 3.8) is 0 Å². The fourth-order valence-corrected chi connectivity index (χ4v) is 4.69. The molecule has 1 aliphatic rings. The molecule has 30 heavy (non-hydrogen) atoms. The number of hydrogen-bond donors (Lipinski definition) is 1. The van der Waals surface area contributed by atoms with Crippen molar-refractivity contribution in [2.75, 3.05) is 0 Å². The van der Waals surface area contributed by atoms with Crippen LogP contribution in [0.5, 0.6) is 10.9 Å². The van der Waals surface area contributed by atoms with Crippen LogP contribution in [0.25, 0.3) is 15.8 Å². The van der Waals surface area contributed by atoms with Gasteiger partial charge in [0, 0.05) is 0 Å². The van der Waals surface area contributed by atoms with E-state index in [0.29, 0.717) is 28.5 Å². The van der Waals surface area contributed by atoms with Gasteiger partial charge >= 0.3 is 0 Å². The number of para-hydroxylation sites is 1. The van der Waals surface area contributed by atoms with Crippen LogP contribution in [-0.2, 0) is 16.0 Å². The fourth-order valence-electron chi connectivity index (χ4n) is 3.86. The molecule has 0 spiro atoms. The number of benzene rings is 2. The standard InChI is InChI=1S/C24H25NO4S/c1-6-14-13-15(28-22-25-17-9-7-8-10-18(17)30-22)11-12-16(14)19-20(26)23(2,3)29-24(4,5)21(19)27/h7-13,26H,6H2,1-5H3. The summed E-state index contributed by atoms with van der Waals surface area (Å²) in [6.45, 7) is 9.02. The molecular weight excluding hydrogens is 398 g/mol. The van der Waals surface area contributed by atoms with Gasteiger partial charge in [-0.05, 0) is 69.5 Å². The molecule has 2 aromatic carbocycles. The van der Waals surface area contributed by atoms with E-state index in [-0.39, 0.29) is 11.5 Å². The molecule has 0 amide bonds. The molecule has 0 saturated heterocycles. The van der Waals surface area contributed by atoms with E-state index in [1.807, 2.05) is 49.4 Å². The Bertz CT molecular complexity index is 1140. The summed E-state index contributed by atoms with van der Waals surface area (Å²) in [4.78, 5) is 17.6. The molecule has 156 valence electrons. The Morgan fingerprint density at radius 3 is 2.53 bits per heavy atom. The summed E-state index contributed by atoms with van der Waals surface area (Å²) in [5.41, 5.74) is 0.870. The highest BCUT2D eigenvalue weighted by Gasteiger charge is 2.47. The lowest BCUT2D eigenvalue weighted by atomic mass is 9.81. The van der Waals surface area contributed by atoms with Crippen LogP contribution in [0.1, 0.15) is 45.7 Å². The van der Waals surface area contributed by atoms with Crippen molar-refractivity contribution in [3.05, 3.63) is 59.4 Å². The second-order valence-electron chi connectivity index (χ2n) is 8.40. The zero-order valence-electron chi connectivity index (χ0n) is 17.8. The van der Waals surface area contributed by atoms with Gasteiger partial charge in [-0.1, -0.05) is 36.5 Å². The number of Topliss-reactive ketones (excluding diaryl/α,β-unsaturated/α-hetero) is 1. The number of carbonyl (C=O) groups is 1. The molecule has 6 heteroatoms. The minimum atomic E-state index is -1.02. The van der Waals surface area contributed by atoms with Crippen molar-refractivity contribution >= 4 is 32.9 Å². The van der Waals surface area contributed by atoms with E-state index in [2.05, 4.69) is 4.98 Å². The lowest BCUT2D eigenvalue weighted by Gasteiger charge is -2.40. The Hall–Kier alpha value is -2.70. The highest BCUT2D eigenvalue weighted by atomic mass is 32.1. The molecule has 0 aliphatic carbocycles. The minimum Gasteiger partial charge on any atom is -0.508 e. The zero-order valence-corrected chi connectivity index (χ0v) is 18.6. The number of aliphatic hydroxyl groups excluding tert-OH is 1. The molecule has 1 aliphatic heterocycles. The number of aliphatic hydroxyl groups is 1. The van der Waals surface area contributed by atoms with E-state index < -0.39 is 11.2 Å². The van der Waals surface area contributed by atoms with Gasteiger partial charge in [-0.25, -0.2) is 4.98 Å². The Balaban J connectivity index is 1.74. The summed E-state index contributed by atoms with van der Waals surface area (Å²) in [5, 5.41) is 11.4. The second kappa shape index (κ2) is 7.22. The molecule has 0 bridgehead atoms. The minimum absolute atomic E-state index is 0.0404. The molecule has 0 radical (unpaired) electrons. The average molecular weight is 424 g/mol. The quantitative estimate of drug-likeness (QED) is 0.551. The van der Waals surface area contributed by atoms with Gasteiger partial charge in [0.15, 0.2) is 5.78 Å². The van der Waals surface area contributed by atoms with Gasteiger partial charge in [0.05, 0.1) is 15.8 Å². The largest absolute Gasteiger partial charge is 0.508 e. The van der Waals surface area contributed by atoms with Crippen molar-refractivity contribution in [2.45, 2.75) is 52.2 Å². The topological polar surface area (TPSA) is 68.7 Å². The first-order chi connectivity index (χ1) is 14.1. The van der Waals surface area contributed by atoms with Crippen LogP contribution in [0.15, 0.2) is 48.2 Å².